The van der Waals surface area contributed by atoms with Gasteiger partial charge in [0, 0.05) is 19.6 Å². The molecule has 0 saturated carbocycles. The molecule has 2 amide bonds. The fraction of sp³-hybridized carbons (Fsp3) is 0.250. The highest BCUT2D eigenvalue weighted by Crippen LogP contribution is 2.25. The fourth-order valence-corrected chi connectivity index (χ4v) is 2.75. The Labute approximate surface area is 175 Å². The van der Waals surface area contributed by atoms with Gasteiger partial charge < -0.3 is 16.0 Å². The zero-order valence-corrected chi connectivity index (χ0v) is 17.0. The van der Waals surface area contributed by atoms with E-state index in [0.29, 0.717) is 6.54 Å². The second-order valence-electron chi connectivity index (χ2n) is 5.71. The zero-order chi connectivity index (χ0) is 21.7. The summed E-state index contributed by atoms with van der Waals surface area (Å²) in [6.45, 7) is 2.29. The molecule has 0 unspecified atom stereocenters. The SMILES string of the molecule is CCNC(=O)C(=O)NCCNc1nonc1-c1noc(=O)n1-c1ccc(F)c(Br)c1. The third kappa shape index (κ3) is 4.53. The van der Waals surface area contributed by atoms with Gasteiger partial charge in [0.15, 0.2) is 5.69 Å². The van der Waals surface area contributed by atoms with Gasteiger partial charge in [-0.2, -0.15) is 0 Å². The van der Waals surface area contributed by atoms with Crippen LogP contribution < -0.4 is 21.7 Å². The normalized spacial score (nSPS) is 10.6. The van der Waals surface area contributed by atoms with Gasteiger partial charge in [-0.05, 0) is 51.4 Å². The van der Waals surface area contributed by atoms with Crippen LogP contribution in [0.5, 0.6) is 0 Å². The molecule has 3 rings (SSSR count). The lowest BCUT2D eigenvalue weighted by Crippen LogP contribution is -2.41. The van der Waals surface area contributed by atoms with E-state index in [2.05, 4.69) is 47.4 Å². The number of carbonyl (C=O) groups is 2. The number of hydrogen-bond acceptors (Lipinski definition) is 9. The molecule has 0 spiro atoms. The first kappa shape index (κ1) is 21.2. The van der Waals surface area contributed by atoms with Gasteiger partial charge in [-0.3, -0.25) is 14.1 Å². The van der Waals surface area contributed by atoms with E-state index in [1.165, 1.54) is 18.2 Å². The number of nitrogens with one attached hydrogen (secondary N) is 3. The predicted octanol–water partition coefficient (Wildman–Crippen LogP) is 0.441. The molecule has 0 bridgehead atoms. The molecule has 0 aliphatic rings. The van der Waals surface area contributed by atoms with E-state index in [0.717, 1.165) is 4.57 Å². The smallest absolute Gasteiger partial charge is 0.363 e. The molecule has 0 radical (unpaired) electrons. The van der Waals surface area contributed by atoms with Crippen molar-refractivity contribution in [1.29, 1.82) is 0 Å². The number of halogens is 2. The van der Waals surface area contributed by atoms with E-state index in [-0.39, 0.29) is 40.6 Å². The topological polar surface area (TPSA) is 157 Å². The Morgan fingerprint density at radius 2 is 1.93 bits per heavy atom. The van der Waals surface area contributed by atoms with E-state index in [9.17, 15) is 18.8 Å². The minimum atomic E-state index is -0.827. The summed E-state index contributed by atoms with van der Waals surface area (Å²) in [4.78, 5) is 35.1. The van der Waals surface area contributed by atoms with Gasteiger partial charge in [0.05, 0.1) is 10.2 Å². The number of benzene rings is 1. The molecule has 12 nitrogen and oxygen atoms in total. The maximum atomic E-state index is 13.5. The lowest BCUT2D eigenvalue weighted by molar-refractivity contribution is -0.139. The monoisotopic (exact) mass is 483 g/mol. The Morgan fingerprint density at radius 1 is 1.17 bits per heavy atom. The maximum absolute atomic E-state index is 13.5. The Hall–Kier alpha value is -3.55. The first-order chi connectivity index (χ1) is 14.4. The summed E-state index contributed by atoms with van der Waals surface area (Å²) in [6.07, 6.45) is 0. The number of aromatic nitrogens is 4. The van der Waals surface area contributed by atoms with E-state index in [1.807, 2.05) is 0 Å². The van der Waals surface area contributed by atoms with Crippen LogP contribution in [-0.2, 0) is 9.59 Å². The summed E-state index contributed by atoms with van der Waals surface area (Å²) in [6, 6.07) is 3.90. The molecule has 0 aliphatic carbocycles. The van der Waals surface area contributed by atoms with Gasteiger partial charge in [0.1, 0.15) is 5.82 Å². The summed E-state index contributed by atoms with van der Waals surface area (Å²) in [5.41, 5.74) is 0.323. The van der Waals surface area contributed by atoms with Crippen LogP contribution in [0.3, 0.4) is 0 Å². The first-order valence-electron chi connectivity index (χ1n) is 8.59. The Morgan fingerprint density at radius 3 is 2.67 bits per heavy atom. The molecule has 2 heterocycles. The van der Waals surface area contributed by atoms with Crippen molar-refractivity contribution in [2.75, 3.05) is 25.0 Å². The molecular weight excluding hydrogens is 469 g/mol. The quantitative estimate of drug-likeness (QED) is 0.320. The van der Waals surface area contributed by atoms with Gasteiger partial charge in [0.2, 0.25) is 11.6 Å². The van der Waals surface area contributed by atoms with Gasteiger partial charge in [-0.25, -0.2) is 18.4 Å². The minimum absolute atomic E-state index is 0.0337. The molecule has 0 saturated heterocycles. The first-order valence-corrected chi connectivity index (χ1v) is 9.38. The highest BCUT2D eigenvalue weighted by Gasteiger charge is 2.23. The van der Waals surface area contributed by atoms with Crippen molar-refractivity contribution in [3.63, 3.8) is 0 Å². The van der Waals surface area contributed by atoms with Crippen molar-refractivity contribution in [3.8, 4) is 17.2 Å². The molecule has 3 aromatic rings. The Kier molecular flexibility index (Phi) is 6.56. The second-order valence-corrected chi connectivity index (χ2v) is 6.56. The molecule has 0 fully saturated rings. The third-order valence-electron chi connectivity index (χ3n) is 3.71. The van der Waals surface area contributed by atoms with Crippen LogP contribution in [0.2, 0.25) is 0 Å². The van der Waals surface area contributed by atoms with E-state index < -0.39 is 23.4 Å². The van der Waals surface area contributed by atoms with Crippen LogP contribution in [-0.4, -0.2) is 51.5 Å². The van der Waals surface area contributed by atoms with E-state index in [1.54, 1.807) is 6.92 Å². The van der Waals surface area contributed by atoms with Gasteiger partial charge in [-0.15, -0.1) is 0 Å². The number of likely N-dealkylation sites (N-methyl/N-ethyl adjacent to an activating group) is 1. The summed E-state index contributed by atoms with van der Waals surface area (Å²) < 4.78 is 24.2. The van der Waals surface area contributed by atoms with Gasteiger partial charge in [0.25, 0.3) is 0 Å². The molecule has 0 aliphatic heterocycles. The highest BCUT2D eigenvalue weighted by atomic mass is 79.9. The average molecular weight is 484 g/mol. The van der Waals surface area contributed by atoms with Crippen LogP contribution in [0.4, 0.5) is 10.2 Å². The van der Waals surface area contributed by atoms with Gasteiger partial charge >= 0.3 is 17.6 Å². The van der Waals surface area contributed by atoms with Crippen LogP contribution in [0, 0.1) is 5.82 Å². The van der Waals surface area contributed by atoms with Crippen molar-refractivity contribution < 1.29 is 23.1 Å². The molecule has 158 valence electrons. The van der Waals surface area contributed by atoms with Crippen molar-refractivity contribution in [3.05, 3.63) is 39.0 Å². The number of rotatable bonds is 7. The second kappa shape index (κ2) is 9.30. The molecule has 0 atom stereocenters. The number of hydrogen-bond donors (Lipinski definition) is 3. The largest absolute Gasteiger partial charge is 0.446 e. The van der Waals surface area contributed by atoms with Crippen LogP contribution in [0.25, 0.3) is 17.2 Å². The summed E-state index contributed by atoms with van der Waals surface area (Å²) in [7, 11) is 0. The number of amides is 2. The molecular formula is C16H15BrFN7O5. The van der Waals surface area contributed by atoms with Crippen LogP contribution >= 0.6 is 15.9 Å². The highest BCUT2D eigenvalue weighted by molar-refractivity contribution is 9.10. The number of carbonyl (C=O) groups excluding carboxylic acids is 2. The Bertz CT molecular complexity index is 1130. The standard InChI is InChI=1S/C16H15BrFN7O5/c1-2-19-14(26)15(27)21-6-5-20-12-11(22-30-23-12)13-24-29-16(28)25(13)8-3-4-10(18)9(17)7-8/h3-4,7H,2,5-6H2,1H3,(H,19,26)(H,20,23)(H,21,27). The maximum Gasteiger partial charge on any atom is 0.446 e. The summed E-state index contributed by atoms with van der Waals surface area (Å²) in [5, 5.41) is 18.7. The van der Waals surface area contributed by atoms with Crippen molar-refractivity contribution in [2.45, 2.75) is 6.92 Å². The summed E-state index contributed by atoms with van der Waals surface area (Å²) >= 11 is 3.05. The molecule has 30 heavy (non-hydrogen) atoms. The molecule has 1 aromatic carbocycles. The number of anilines is 1. The molecule has 14 heteroatoms. The van der Waals surface area contributed by atoms with Crippen molar-refractivity contribution in [1.82, 2.24) is 30.7 Å². The van der Waals surface area contributed by atoms with Crippen molar-refractivity contribution >= 4 is 33.6 Å². The number of nitrogens with zero attached hydrogens (tertiary/aromatic N) is 4. The third-order valence-corrected chi connectivity index (χ3v) is 4.32. The lowest BCUT2D eigenvalue weighted by atomic mass is 10.3. The summed E-state index contributed by atoms with van der Waals surface area (Å²) in [5.74, 6) is -2.77. The lowest BCUT2D eigenvalue weighted by Gasteiger charge is -2.07. The van der Waals surface area contributed by atoms with Gasteiger partial charge in [-0.1, -0.05) is 5.16 Å². The molecule has 3 N–H and O–H groups in total. The van der Waals surface area contributed by atoms with Crippen LogP contribution in [0.1, 0.15) is 6.92 Å². The predicted molar refractivity (Wildman–Crippen MR) is 103 cm³/mol. The fourth-order valence-electron chi connectivity index (χ4n) is 2.38. The average Bonchev–Trinajstić information content (AvgIpc) is 3.33. The van der Waals surface area contributed by atoms with E-state index in [4.69, 9.17) is 9.15 Å². The minimum Gasteiger partial charge on any atom is -0.363 e. The Balaban J connectivity index is 1.75. The molecule has 2 aromatic heterocycles. The van der Waals surface area contributed by atoms with Crippen LogP contribution in [0.15, 0.2) is 36.6 Å². The van der Waals surface area contributed by atoms with E-state index >= 15 is 0 Å². The zero-order valence-electron chi connectivity index (χ0n) is 15.4. The van der Waals surface area contributed by atoms with Crippen molar-refractivity contribution in [2.24, 2.45) is 0 Å².